The first-order valence-electron chi connectivity index (χ1n) is 4.20. The molecule has 0 aromatic carbocycles. The summed E-state index contributed by atoms with van der Waals surface area (Å²) in [7, 11) is 0. The second kappa shape index (κ2) is 3.77. The lowest BCUT2D eigenvalue weighted by Crippen LogP contribution is -2.26. The van der Waals surface area contributed by atoms with E-state index in [4.69, 9.17) is 0 Å². The summed E-state index contributed by atoms with van der Waals surface area (Å²) in [5.41, 5.74) is 0. The third-order valence-electron chi connectivity index (χ3n) is 2.27. The van der Waals surface area contributed by atoms with Crippen LogP contribution in [-0.4, -0.2) is 24.0 Å². The predicted molar refractivity (Wildman–Crippen MR) is 45.1 cm³/mol. The minimum Gasteiger partial charge on any atom is -0.297 e. The zero-order valence-electron chi connectivity index (χ0n) is 7.01. The van der Waals surface area contributed by atoms with Gasteiger partial charge in [-0.1, -0.05) is 12.2 Å². The molecule has 0 spiro atoms. The lowest BCUT2D eigenvalue weighted by Gasteiger charge is -2.18. The molecule has 0 aromatic heterocycles. The fourth-order valence-electron chi connectivity index (χ4n) is 1.50. The molecule has 1 rings (SSSR count). The fourth-order valence-corrected chi connectivity index (χ4v) is 1.50. The average molecular weight is 139 g/mol. The van der Waals surface area contributed by atoms with Gasteiger partial charge < -0.3 is 0 Å². The van der Waals surface area contributed by atoms with Crippen LogP contribution in [0.3, 0.4) is 0 Å². The summed E-state index contributed by atoms with van der Waals surface area (Å²) >= 11 is 0. The van der Waals surface area contributed by atoms with E-state index in [0.29, 0.717) is 0 Å². The minimum absolute atomic E-state index is 0.816. The quantitative estimate of drug-likeness (QED) is 0.529. The lowest BCUT2D eigenvalue weighted by molar-refractivity contribution is 0.298. The number of hydrogen-bond donors (Lipinski definition) is 0. The molecule has 0 unspecified atom stereocenters. The predicted octanol–water partition coefficient (Wildman–Crippen LogP) is 2.05. The van der Waals surface area contributed by atoms with Crippen molar-refractivity contribution in [3.63, 3.8) is 0 Å². The van der Waals surface area contributed by atoms with E-state index in [0.717, 1.165) is 12.6 Å². The number of rotatable bonds is 2. The van der Waals surface area contributed by atoms with Crippen LogP contribution in [0.2, 0.25) is 0 Å². The number of nitrogens with zero attached hydrogens (tertiary/aromatic N) is 1. The monoisotopic (exact) mass is 139 g/mol. The first kappa shape index (κ1) is 7.80. The first-order chi connectivity index (χ1) is 4.84. The molecular formula is C9H17N. The average Bonchev–Trinajstić information content (AvgIpc) is 2.31. The Balaban J connectivity index is 2.26. The van der Waals surface area contributed by atoms with Crippen LogP contribution in [0.15, 0.2) is 12.2 Å². The maximum atomic E-state index is 2.53. The maximum Gasteiger partial charge on any atom is 0.0165 e. The molecule has 1 fully saturated rings. The van der Waals surface area contributed by atoms with E-state index in [1.54, 1.807) is 0 Å². The van der Waals surface area contributed by atoms with Crippen LogP contribution >= 0.6 is 0 Å². The highest BCUT2D eigenvalue weighted by molar-refractivity contribution is 4.85. The summed E-state index contributed by atoms with van der Waals surface area (Å²) in [6.45, 7) is 6.85. The van der Waals surface area contributed by atoms with Gasteiger partial charge in [0.1, 0.15) is 0 Å². The molecule has 1 aliphatic rings. The highest BCUT2D eigenvalue weighted by atomic mass is 15.2. The Morgan fingerprint density at radius 1 is 1.60 bits per heavy atom. The van der Waals surface area contributed by atoms with Gasteiger partial charge in [0, 0.05) is 12.6 Å². The molecule has 0 aliphatic carbocycles. The van der Waals surface area contributed by atoms with Crippen molar-refractivity contribution in [3.8, 4) is 0 Å². The Morgan fingerprint density at radius 2 is 2.40 bits per heavy atom. The molecule has 1 nitrogen and oxygen atoms in total. The van der Waals surface area contributed by atoms with Crippen molar-refractivity contribution in [2.24, 2.45) is 0 Å². The Kier molecular flexibility index (Phi) is 2.94. The maximum absolute atomic E-state index is 2.53. The van der Waals surface area contributed by atoms with Crippen LogP contribution in [0.1, 0.15) is 26.7 Å². The lowest BCUT2D eigenvalue weighted by atomic mass is 10.2. The van der Waals surface area contributed by atoms with Gasteiger partial charge in [-0.15, -0.1) is 0 Å². The third-order valence-corrected chi connectivity index (χ3v) is 2.27. The number of hydrogen-bond acceptors (Lipinski definition) is 1. The van der Waals surface area contributed by atoms with E-state index in [9.17, 15) is 0 Å². The van der Waals surface area contributed by atoms with E-state index in [1.807, 2.05) is 0 Å². The van der Waals surface area contributed by atoms with Crippen LogP contribution in [-0.2, 0) is 0 Å². The van der Waals surface area contributed by atoms with Crippen molar-refractivity contribution in [1.82, 2.24) is 4.90 Å². The number of likely N-dealkylation sites (tertiary alicyclic amines) is 1. The molecule has 0 bridgehead atoms. The molecule has 0 amide bonds. The molecule has 0 N–H and O–H groups in total. The van der Waals surface area contributed by atoms with Gasteiger partial charge in [-0.2, -0.15) is 0 Å². The largest absolute Gasteiger partial charge is 0.297 e. The SMILES string of the molecule is CC=CCN1CCC[C@@H]1C. The standard InChI is InChI=1S/C9H17N/c1-3-4-7-10-8-5-6-9(10)2/h3-4,9H,5-8H2,1-2H3/t9-/m0/s1. The van der Waals surface area contributed by atoms with Gasteiger partial charge in [0.05, 0.1) is 0 Å². The highest BCUT2D eigenvalue weighted by Gasteiger charge is 2.17. The van der Waals surface area contributed by atoms with Crippen LogP contribution in [0, 0.1) is 0 Å². The van der Waals surface area contributed by atoms with Gasteiger partial charge in [-0.3, -0.25) is 4.90 Å². The molecule has 1 aliphatic heterocycles. The summed E-state index contributed by atoms with van der Waals surface area (Å²) in [6.07, 6.45) is 7.14. The van der Waals surface area contributed by atoms with Crippen LogP contribution in [0.4, 0.5) is 0 Å². The fraction of sp³-hybridized carbons (Fsp3) is 0.778. The molecule has 1 heterocycles. The molecule has 1 heteroatoms. The van der Waals surface area contributed by atoms with E-state index in [1.165, 1.54) is 19.4 Å². The van der Waals surface area contributed by atoms with Crippen molar-refractivity contribution in [2.75, 3.05) is 13.1 Å². The second-order valence-corrected chi connectivity index (χ2v) is 3.06. The highest BCUT2D eigenvalue weighted by Crippen LogP contribution is 2.15. The molecule has 0 radical (unpaired) electrons. The topological polar surface area (TPSA) is 3.24 Å². The molecule has 0 saturated carbocycles. The molecule has 58 valence electrons. The van der Waals surface area contributed by atoms with Gasteiger partial charge in [0.2, 0.25) is 0 Å². The van der Waals surface area contributed by atoms with Crippen molar-refractivity contribution in [1.29, 1.82) is 0 Å². The third kappa shape index (κ3) is 1.84. The first-order valence-corrected chi connectivity index (χ1v) is 4.20. The van der Waals surface area contributed by atoms with E-state index in [-0.39, 0.29) is 0 Å². The van der Waals surface area contributed by atoms with Crippen LogP contribution in [0.25, 0.3) is 0 Å². The Hall–Kier alpha value is -0.300. The molecule has 10 heavy (non-hydrogen) atoms. The Labute approximate surface area is 63.7 Å². The van der Waals surface area contributed by atoms with E-state index >= 15 is 0 Å². The summed E-state index contributed by atoms with van der Waals surface area (Å²) in [4.78, 5) is 2.53. The van der Waals surface area contributed by atoms with Gasteiger partial charge in [-0.05, 0) is 33.2 Å². The molecule has 1 atom stereocenters. The zero-order valence-corrected chi connectivity index (χ0v) is 7.01. The zero-order chi connectivity index (χ0) is 7.40. The smallest absolute Gasteiger partial charge is 0.0165 e. The van der Waals surface area contributed by atoms with Crippen molar-refractivity contribution in [3.05, 3.63) is 12.2 Å². The van der Waals surface area contributed by atoms with Crippen LogP contribution in [0.5, 0.6) is 0 Å². The van der Waals surface area contributed by atoms with E-state index in [2.05, 4.69) is 30.9 Å². The van der Waals surface area contributed by atoms with Gasteiger partial charge >= 0.3 is 0 Å². The normalized spacial score (nSPS) is 28.4. The van der Waals surface area contributed by atoms with Crippen molar-refractivity contribution < 1.29 is 0 Å². The number of allylic oxidation sites excluding steroid dienone is 1. The van der Waals surface area contributed by atoms with E-state index < -0.39 is 0 Å². The summed E-state index contributed by atoms with van der Waals surface area (Å²) in [5.74, 6) is 0. The van der Waals surface area contributed by atoms with Gasteiger partial charge in [0.25, 0.3) is 0 Å². The minimum atomic E-state index is 0.816. The van der Waals surface area contributed by atoms with Crippen molar-refractivity contribution in [2.45, 2.75) is 32.7 Å². The summed E-state index contributed by atoms with van der Waals surface area (Å²) < 4.78 is 0. The van der Waals surface area contributed by atoms with Crippen molar-refractivity contribution >= 4 is 0 Å². The van der Waals surface area contributed by atoms with Crippen LogP contribution < -0.4 is 0 Å². The molecule has 1 saturated heterocycles. The summed E-state index contributed by atoms with van der Waals surface area (Å²) in [5, 5.41) is 0. The Morgan fingerprint density at radius 3 is 2.90 bits per heavy atom. The summed E-state index contributed by atoms with van der Waals surface area (Å²) in [6, 6.07) is 0.816. The Bertz CT molecular complexity index is 118. The molecule has 0 aromatic rings. The molecular weight excluding hydrogens is 122 g/mol. The second-order valence-electron chi connectivity index (χ2n) is 3.06. The van der Waals surface area contributed by atoms with Gasteiger partial charge in [0.15, 0.2) is 0 Å². The van der Waals surface area contributed by atoms with Gasteiger partial charge in [-0.25, -0.2) is 0 Å².